The largest absolute Gasteiger partial charge is 0.482 e. The molecule has 1 nitrogen and oxygen atoms in total. The van der Waals surface area contributed by atoms with Crippen LogP contribution in [0.15, 0.2) is 22.7 Å². The van der Waals surface area contributed by atoms with Gasteiger partial charge in [0.15, 0.2) is 0 Å². The van der Waals surface area contributed by atoms with Crippen molar-refractivity contribution >= 4 is 31.9 Å². The van der Waals surface area contributed by atoms with Gasteiger partial charge in [-0.05, 0) is 35.0 Å². The summed E-state index contributed by atoms with van der Waals surface area (Å²) in [6, 6.07) is 5.90. The minimum absolute atomic E-state index is 0.532. The van der Waals surface area contributed by atoms with Crippen LogP contribution in [0.1, 0.15) is 5.56 Å². The second-order valence-electron chi connectivity index (χ2n) is 2.12. The molecule has 1 aromatic carbocycles. The number of hydrogen-bond donors (Lipinski definition) is 0. The molecule has 0 bridgehead atoms. The lowest BCUT2D eigenvalue weighted by Gasteiger charge is -2.06. The third-order valence-electron chi connectivity index (χ3n) is 1.43. The average Bonchev–Trinajstić information content (AvgIpc) is 1.99. The molecule has 11 heavy (non-hydrogen) atoms. The van der Waals surface area contributed by atoms with Crippen LogP contribution in [-0.4, -0.2) is 5.52 Å². The predicted molar refractivity (Wildman–Crippen MR) is 53.3 cm³/mol. The van der Waals surface area contributed by atoms with Crippen LogP contribution < -0.4 is 4.74 Å². The maximum Gasteiger partial charge on any atom is 0.143 e. The van der Waals surface area contributed by atoms with Crippen LogP contribution in [-0.2, 0) is 0 Å². The lowest BCUT2D eigenvalue weighted by atomic mass is 10.2. The minimum atomic E-state index is 0.532. The van der Waals surface area contributed by atoms with E-state index in [9.17, 15) is 0 Å². The topological polar surface area (TPSA) is 9.23 Å². The van der Waals surface area contributed by atoms with Crippen molar-refractivity contribution in [1.82, 2.24) is 0 Å². The van der Waals surface area contributed by atoms with E-state index in [1.165, 1.54) is 0 Å². The van der Waals surface area contributed by atoms with Gasteiger partial charge >= 0.3 is 0 Å². The second-order valence-corrected chi connectivity index (χ2v) is 3.43. The molecular formula is C8H8Br2O. The molecule has 0 aromatic heterocycles. The van der Waals surface area contributed by atoms with Crippen molar-refractivity contribution in [2.24, 2.45) is 0 Å². The first-order valence-corrected chi connectivity index (χ1v) is 5.11. The summed E-state index contributed by atoms with van der Waals surface area (Å²) in [7, 11) is 0. The van der Waals surface area contributed by atoms with Crippen molar-refractivity contribution in [1.29, 1.82) is 0 Å². The molecule has 0 atom stereocenters. The number of rotatable bonds is 2. The number of ether oxygens (including phenoxy) is 1. The fraction of sp³-hybridized carbons (Fsp3) is 0.250. The first kappa shape index (κ1) is 9.07. The van der Waals surface area contributed by atoms with Gasteiger partial charge in [-0.3, -0.25) is 0 Å². The van der Waals surface area contributed by atoms with Gasteiger partial charge in [0.2, 0.25) is 0 Å². The Labute approximate surface area is 83.0 Å². The van der Waals surface area contributed by atoms with Gasteiger partial charge in [0, 0.05) is 10.0 Å². The van der Waals surface area contributed by atoms with Crippen molar-refractivity contribution in [2.45, 2.75) is 6.92 Å². The number of alkyl halides is 1. The van der Waals surface area contributed by atoms with E-state index in [0.717, 1.165) is 15.8 Å². The fourth-order valence-electron chi connectivity index (χ4n) is 0.803. The highest BCUT2D eigenvalue weighted by Gasteiger charge is 2.00. The summed E-state index contributed by atoms with van der Waals surface area (Å²) in [6.45, 7) is 2.02. The van der Waals surface area contributed by atoms with Crippen LogP contribution in [0.5, 0.6) is 5.75 Å². The Hall–Kier alpha value is -0.0200. The Bertz CT molecular complexity index is 248. The molecule has 0 unspecified atom stereocenters. The molecule has 0 saturated heterocycles. The van der Waals surface area contributed by atoms with E-state index < -0.39 is 0 Å². The zero-order valence-electron chi connectivity index (χ0n) is 6.10. The minimum Gasteiger partial charge on any atom is -0.482 e. The molecule has 1 rings (SSSR count). The summed E-state index contributed by atoms with van der Waals surface area (Å²) >= 11 is 6.63. The Kier molecular flexibility index (Phi) is 3.40. The normalized spacial score (nSPS) is 9.73. The van der Waals surface area contributed by atoms with E-state index >= 15 is 0 Å². The molecule has 0 spiro atoms. The highest BCUT2D eigenvalue weighted by molar-refractivity contribution is 9.10. The molecule has 0 saturated carbocycles. The van der Waals surface area contributed by atoms with Crippen LogP contribution in [0.3, 0.4) is 0 Å². The maximum absolute atomic E-state index is 5.30. The third-order valence-corrected chi connectivity index (χ3v) is 2.52. The first-order valence-electron chi connectivity index (χ1n) is 3.19. The van der Waals surface area contributed by atoms with Gasteiger partial charge in [0.05, 0.1) is 0 Å². The van der Waals surface area contributed by atoms with E-state index in [2.05, 4.69) is 31.9 Å². The summed E-state index contributed by atoms with van der Waals surface area (Å²) in [5.41, 5.74) is 1.66. The standard InChI is InChI=1S/C8H8Br2O/c1-6-7(10)3-2-4-8(6)11-5-9/h2-4H,5H2,1H3. The third kappa shape index (κ3) is 2.20. The molecule has 60 valence electrons. The van der Waals surface area contributed by atoms with Gasteiger partial charge in [0.1, 0.15) is 11.3 Å². The molecule has 0 N–H and O–H groups in total. The lowest BCUT2D eigenvalue weighted by Crippen LogP contribution is -1.91. The van der Waals surface area contributed by atoms with Gasteiger partial charge in [-0.25, -0.2) is 0 Å². The lowest BCUT2D eigenvalue weighted by molar-refractivity contribution is 0.395. The van der Waals surface area contributed by atoms with Crippen molar-refractivity contribution in [3.05, 3.63) is 28.2 Å². The molecule has 0 radical (unpaired) electrons. The highest BCUT2D eigenvalue weighted by Crippen LogP contribution is 2.25. The maximum atomic E-state index is 5.30. The zero-order valence-corrected chi connectivity index (χ0v) is 9.28. The van der Waals surface area contributed by atoms with Crippen molar-refractivity contribution in [3.8, 4) is 5.75 Å². The molecule has 0 heterocycles. The molecular weight excluding hydrogens is 272 g/mol. The van der Waals surface area contributed by atoms with E-state index in [0.29, 0.717) is 5.52 Å². The van der Waals surface area contributed by atoms with Crippen LogP contribution in [0.25, 0.3) is 0 Å². The van der Waals surface area contributed by atoms with E-state index in [-0.39, 0.29) is 0 Å². The average molecular weight is 280 g/mol. The Morgan fingerprint density at radius 1 is 1.45 bits per heavy atom. The van der Waals surface area contributed by atoms with Crippen LogP contribution in [0.2, 0.25) is 0 Å². The smallest absolute Gasteiger partial charge is 0.143 e. The van der Waals surface area contributed by atoms with Gasteiger partial charge in [-0.1, -0.05) is 22.0 Å². The van der Waals surface area contributed by atoms with Gasteiger partial charge in [-0.2, -0.15) is 0 Å². The summed E-state index contributed by atoms with van der Waals surface area (Å²) < 4.78 is 6.38. The molecule has 0 amide bonds. The predicted octanol–water partition coefficient (Wildman–Crippen LogP) is 3.49. The molecule has 0 aliphatic rings. The molecule has 0 aliphatic carbocycles. The summed E-state index contributed by atoms with van der Waals surface area (Å²) in [5, 5.41) is 0. The Morgan fingerprint density at radius 2 is 2.18 bits per heavy atom. The first-order chi connectivity index (χ1) is 5.25. The molecule has 1 aromatic rings. The summed E-state index contributed by atoms with van der Waals surface area (Å²) in [6.07, 6.45) is 0. The quantitative estimate of drug-likeness (QED) is 0.753. The Balaban J connectivity index is 2.96. The van der Waals surface area contributed by atoms with Crippen molar-refractivity contribution in [2.75, 3.05) is 5.52 Å². The van der Waals surface area contributed by atoms with Crippen LogP contribution in [0, 0.1) is 6.92 Å². The zero-order chi connectivity index (χ0) is 8.27. The summed E-state index contributed by atoms with van der Waals surface area (Å²) in [5.74, 6) is 0.913. The molecule has 0 aliphatic heterocycles. The monoisotopic (exact) mass is 278 g/mol. The van der Waals surface area contributed by atoms with E-state index in [4.69, 9.17) is 4.74 Å². The highest BCUT2D eigenvalue weighted by atomic mass is 79.9. The second kappa shape index (κ2) is 4.12. The van der Waals surface area contributed by atoms with Gasteiger partial charge in [-0.15, -0.1) is 0 Å². The van der Waals surface area contributed by atoms with Crippen molar-refractivity contribution < 1.29 is 4.74 Å². The summed E-state index contributed by atoms with van der Waals surface area (Å²) in [4.78, 5) is 0. The number of hydrogen-bond acceptors (Lipinski definition) is 1. The van der Waals surface area contributed by atoms with Gasteiger partial charge < -0.3 is 4.74 Å². The molecule has 3 heteroatoms. The van der Waals surface area contributed by atoms with E-state index in [1.54, 1.807) is 0 Å². The van der Waals surface area contributed by atoms with Crippen LogP contribution >= 0.6 is 31.9 Å². The molecule has 0 fully saturated rings. The number of halogens is 2. The van der Waals surface area contributed by atoms with Gasteiger partial charge in [0.25, 0.3) is 0 Å². The Morgan fingerprint density at radius 3 is 2.82 bits per heavy atom. The van der Waals surface area contributed by atoms with Crippen molar-refractivity contribution in [3.63, 3.8) is 0 Å². The number of benzene rings is 1. The van der Waals surface area contributed by atoms with Crippen LogP contribution in [0.4, 0.5) is 0 Å². The SMILES string of the molecule is Cc1c(Br)cccc1OCBr. The van der Waals surface area contributed by atoms with E-state index in [1.807, 2.05) is 25.1 Å². The fourth-order valence-corrected chi connectivity index (χ4v) is 1.40.